The van der Waals surface area contributed by atoms with Crippen molar-refractivity contribution in [1.29, 1.82) is 0 Å². The van der Waals surface area contributed by atoms with Crippen LogP contribution in [0.1, 0.15) is 29.3 Å². The van der Waals surface area contributed by atoms with Crippen LogP contribution in [0.5, 0.6) is 5.75 Å². The zero-order valence-corrected chi connectivity index (χ0v) is 21.3. The highest BCUT2D eigenvalue weighted by Gasteiger charge is 2.39. The number of carboxylic acids is 1. The standard InChI is InChI=1S/C29H24F4N4O3/c1-40-21-9-8-17-12-20-16-35(10-11-36(20)24(17)14-21)28-34-27-22(6-3-7-23(27)30)25(15-26(38)39)37(28)19-5-2-4-18(13-19)29(31,32)33/h2-9,12-14,25H,10-11,15-16H2,1H3,(H,38,39). The first-order chi connectivity index (χ1) is 19.1. The van der Waals surface area contributed by atoms with Gasteiger partial charge in [-0.15, -0.1) is 0 Å². The van der Waals surface area contributed by atoms with E-state index in [0.717, 1.165) is 28.7 Å². The molecule has 1 unspecified atom stereocenters. The first-order valence-corrected chi connectivity index (χ1v) is 12.6. The molecule has 6 rings (SSSR count). The van der Waals surface area contributed by atoms with Crippen LogP contribution >= 0.6 is 0 Å². The maximum atomic E-state index is 15.1. The van der Waals surface area contributed by atoms with Crippen LogP contribution in [0.3, 0.4) is 0 Å². The highest BCUT2D eigenvalue weighted by molar-refractivity contribution is 6.01. The van der Waals surface area contributed by atoms with E-state index < -0.39 is 36.0 Å². The Balaban J connectivity index is 1.49. The summed E-state index contributed by atoms with van der Waals surface area (Å²) < 4.78 is 63.6. The molecule has 3 heterocycles. The molecule has 206 valence electrons. The van der Waals surface area contributed by atoms with Crippen LogP contribution in [-0.2, 0) is 24.1 Å². The summed E-state index contributed by atoms with van der Waals surface area (Å²) in [5.41, 5.74) is 1.43. The van der Waals surface area contributed by atoms with Gasteiger partial charge in [0.05, 0.1) is 37.2 Å². The number of hydrogen-bond acceptors (Lipinski definition) is 5. The van der Waals surface area contributed by atoms with Crippen molar-refractivity contribution in [3.63, 3.8) is 0 Å². The normalized spacial score (nSPS) is 16.9. The average molecular weight is 553 g/mol. The molecule has 0 spiro atoms. The molecule has 2 aliphatic rings. The van der Waals surface area contributed by atoms with Crippen molar-refractivity contribution in [2.24, 2.45) is 4.99 Å². The molecule has 0 aliphatic carbocycles. The molecule has 4 aromatic rings. The summed E-state index contributed by atoms with van der Waals surface area (Å²) in [5.74, 6) is -0.900. The Hall–Kier alpha value is -4.54. The van der Waals surface area contributed by atoms with Crippen molar-refractivity contribution in [2.75, 3.05) is 18.6 Å². The van der Waals surface area contributed by atoms with Crippen LogP contribution in [-0.4, -0.2) is 40.2 Å². The van der Waals surface area contributed by atoms with Crippen LogP contribution in [0.25, 0.3) is 10.9 Å². The Kier molecular flexibility index (Phi) is 6.16. The number of methoxy groups -OCH3 is 1. The number of para-hydroxylation sites is 1. The molecule has 40 heavy (non-hydrogen) atoms. The smallest absolute Gasteiger partial charge is 0.416 e. The Labute approximate surface area is 226 Å². The summed E-state index contributed by atoms with van der Waals surface area (Å²) in [6, 6.07) is 15.7. The van der Waals surface area contributed by atoms with Crippen LogP contribution in [0.15, 0.2) is 71.7 Å². The Morgan fingerprint density at radius 3 is 2.62 bits per heavy atom. The third-order valence-electron chi connectivity index (χ3n) is 7.36. The SMILES string of the molecule is COc1ccc2cc3n(c2c1)CCN(C1=Nc2c(F)cccc2C(CC(=O)O)N1c1cccc(C(F)(F)F)c1)C3. The molecule has 11 heteroatoms. The predicted molar refractivity (Wildman–Crippen MR) is 141 cm³/mol. The van der Waals surface area contributed by atoms with E-state index in [4.69, 9.17) is 4.74 Å². The fourth-order valence-electron chi connectivity index (χ4n) is 5.55. The minimum atomic E-state index is -4.61. The number of carbonyl (C=O) groups is 1. The lowest BCUT2D eigenvalue weighted by Gasteiger charge is -2.43. The molecular weight excluding hydrogens is 528 g/mol. The topological polar surface area (TPSA) is 70.3 Å². The summed E-state index contributed by atoms with van der Waals surface area (Å²) in [6.45, 7) is 1.26. The summed E-state index contributed by atoms with van der Waals surface area (Å²) in [5, 5.41) is 10.8. The monoisotopic (exact) mass is 552 g/mol. The van der Waals surface area contributed by atoms with Gasteiger partial charge in [0.25, 0.3) is 0 Å². The van der Waals surface area contributed by atoms with E-state index in [0.29, 0.717) is 30.9 Å². The first kappa shape index (κ1) is 25.7. The van der Waals surface area contributed by atoms with E-state index >= 15 is 4.39 Å². The lowest BCUT2D eigenvalue weighted by atomic mass is 9.97. The van der Waals surface area contributed by atoms with Crippen molar-refractivity contribution >= 4 is 34.2 Å². The van der Waals surface area contributed by atoms with Gasteiger partial charge in [-0.25, -0.2) is 9.38 Å². The number of benzene rings is 3. The lowest BCUT2D eigenvalue weighted by Crippen LogP contribution is -2.50. The quantitative estimate of drug-likeness (QED) is 0.299. The van der Waals surface area contributed by atoms with Crippen molar-refractivity contribution in [3.05, 3.63) is 89.4 Å². The number of carboxylic acid groups (broad SMARTS) is 1. The first-order valence-electron chi connectivity index (χ1n) is 12.6. The van der Waals surface area contributed by atoms with Gasteiger partial charge in [0.15, 0.2) is 0 Å². The van der Waals surface area contributed by atoms with E-state index in [-0.39, 0.29) is 17.3 Å². The van der Waals surface area contributed by atoms with Gasteiger partial charge in [0.2, 0.25) is 5.96 Å². The van der Waals surface area contributed by atoms with Crippen LogP contribution < -0.4 is 9.64 Å². The van der Waals surface area contributed by atoms with Crippen molar-refractivity contribution in [2.45, 2.75) is 31.7 Å². The number of alkyl halides is 3. The molecule has 1 N–H and O–H groups in total. The van der Waals surface area contributed by atoms with Crippen molar-refractivity contribution in [3.8, 4) is 5.75 Å². The molecule has 0 bridgehead atoms. The second kappa shape index (κ2) is 9.58. The number of fused-ring (bicyclic) bond motifs is 4. The number of rotatable bonds is 4. The zero-order chi connectivity index (χ0) is 28.2. The van der Waals surface area contributed by atoms with Crippen molar-refractivity contribution in [1.82, 2.24) is 9.47 Å². The lowest BCUT2D eigenvalue weighted by molar-refractivity contribution is -0.138. The highest BCUT2D eigenvalue weighted by atomic mass is 19.4. The molecule has 0 amide bonds. The molecule has 3 aromatic carbocycles. The molecule has 7 nitrogen and oxygen atoms in total. The molecule has 0 saturated carbocycles. The largest absolute Gasteiger partial charge is 0.497 e. The van der Waals surface area contributed by atoms with Crippen LogP contribution in [0, 0.1) is 5.82 Å². The van der Waals surface area contributed by atoms with Gasteiger partial charge >= 0.3 is 12.1 Å². The average Bonchev–Trinajstić information content (AvgIpc) is 3.29. The van der Waals surface area contributed by atoms with Gasteiger partial charge in [0.1, 0.15) is 17.3 Å². The number of aliphatic imine (C=N–C) groups is 1. The van der Waals surface area contributed by atoms with Gasteiger partial charge < -0.3 is 24.2 Å². The number of aliphatic carboxylic acids is 1. The number of anilines is 1. The van der Waals surface area contributed by atoms with Gasteiger partial charge in [0, 0.05) is 41.5 Å². The van der Waals surface area contributed by atoms with Crippen LogP contribution in [0.2, 0.25) is 0 Å². The van der Waals surface area contributed by atoms with Gasteiger partial charge in [-0.2, -0.15) is 13.2 Å². The highest BCUT2D eigenvalue weighted by Crippen LogP contribution is 2.43. The summed E-state index contributed by atoms with van der Waals surface area (Å²) in [7, 11) is 1.59. The fraction of sp³-hybridized carbons (Fsp3) is 0.241. The molecule has 0 saturated heterocycles. The number of halogens is 4. The second-order valence-corrected chi connectivity index (χ2v) is 9.75. The Morgan fingerprint density at radius 2 is 1.88 bits per heavy atom. The van der Waals surface area contributed by atoms with E-state index in [1.165, 1.54) is 29.2 Å². The van der Waals surface area contributed by atoms with Gasteiger partial charge in [-0.1, -0.05) is 18.2 Å². The summed E-state index contributed by atoms with van der Waals surface area (Å²) in [6.07, 6.45) is -5.08. The Bertz CT molecular complexity index is 1660. The third kappa shape index (κ3) is 4.41. The van der Waals surface area contributed by atoms with Gasteiger partial charge in [-0.3, -0.25) is 4.79 Å². The number of ether oxygens (including phenoxy) is 1. The molecule has 0 radical (unpaired) electrons. The molecule has 0 fully saturated rings. The zero-order valence-electron chi connectivity index (χ0n) is 21.3. The molecule has 1 aromatic heterocycles. The van der Waals surface area contributed by atoms with E-state index in [1.54, 1.807) is 13.2 Å². The van der Waals surface area contributed by atoms with E-state index in [1.807, 2.05) is 29.2 Å². The number of hydrogen-bond donors (Lipinski definition) is 1. The minimum absolute atomic E-state index is 0.0113. The fourth-order valence-corrected chi connectivity index (χ4v) is 5.55. The summed E-state index contributed by atoms with van der Waals surface area (Å²) in [4.78, 5) is 20.0. The van der Waals surface area contributed by atoms with E-state index in [2.05, 4.69) is 9.56 Å². The minimum Gasteiger partial charge on any atom is -0.497 e. The molecular formula is C29H24F4N4O3. The number of guanidine groups is 1. The predicted octanol–water partition coefficient (Wildman–Crippen LogP) is 6.35. The van der Waals surface area contributed by atoms with Crippen LogP contribution in [0.4, 0.5) is 28.9 Å². The number of aromatic nitrogens is 1. The van der Waals surface area contributed by atoms with Gasteiger partial charge in [-0.05, 0) is 42.5 Å². The maximum Gasteiger partial charge on any atom is 0.416 e. The maximum absolute atomic E-state index is 15.1. The Morgan fingerprint density at radius 1 is 1.07 bits per heavy atom. The van der Waals surface area contributed by atoms with E-state index in [9.17, 15) is 23.1 Å². The molecule has 1 atom stereocenters. The summed E-state index contributed by atoms with van der Waals surface area (Å²) >= 11 is 0. The molecule has 2 aliphatic heterocycles. The second-order valence-electron chi connectivity index (χ2n) is 9.75. The third-order valence-corrected chi connectivity index (χ3v) is 7.36. The van der Waals surface area contributed by atoms with Crippen molar-refractivity contribution < 1.29 is 32.2 Å². The number of nitrogens with zero attached hydrogens (tertiary/aromatic N) is 4.